The first kappa shape index (κ1) is 13.6. The summed E-state index contributed by atoms with van der Waals surface area (Å²) in [4.78, 5) is 16.4. The standard InChI is InChI=1S/C15H14N4O/c1-10-6-14(17-2)13(9-18-10)15(20)19-12-5-3-4-11(7-12)8-16/h3-7,9H,1-2H3,(H,17,18)(H,19,20). The lowest BCUT2D eigenvalue weighted by Crippen LogP contribution is -2.14. The molecule has 0 bridgehead atoms. The highest BCUT2D eigenvalue weighted by atomic mass is 16.1. The van der Waals surface area contributed by atoms with Crippen LogP contribution in [0.1, 0.15) is 21.6 Å². The van der Waals surface area contributed by atoms with Crippen LogP contribution in [0.15, 0.2) is 36.5 Å². The number of nitriles is 1. The number of hydrogen-bond acceptors (Lipinski definition) is 4. The van der Waals surface area contributed by atoms with Crippen LogP contribution >= 0.6 is 0 Å². The molecule has 5 nitrogen and oxygen atoms in total. The molecule has 0 aliphatic rings. The van der Waals surface area contributed by atoms with Gasteiger partial charge in [0.1, 0.15) is 0 Å². The Morgan fingerprint density at radius 1 is 1.35 bits per heavy atom. The van der Waals surface area contributed by atoms with Crippen molar-refractivity contribution in [1.29, 1.82) is 5.26 Å². The van der Waals surface area contributed by atoms with E-state index in [0.717, 1.165) is 5.69 Å². The molecule has 1 aromatic carbocycles. The molecule has 2 N–H and O–H groups in total. The van der Waals surface area contributed by atoms with E-state index in [0.29, 0.717) is 22.5 Å². The fourth-order valence-electron chi connectivity index (χ4n) is 1.81. The average molecular weight is 266 g/mol. The first-order valence-electron chi connectivity index (χ1n) is 6.10. The van der Waals surface area contributed by atoms with Gasteiger partial charge in [-0.2, -0.15) is 5.26 Å². The highest BCUT2D eigenvalue weighted by molar-refractivity contribution is 6.07. The monoisotopic (exact) mass is 266 g/mol. The molecule has 100 valence electrons. The topological polar surface area (TPSA) is 77.8 Å². The molecule has 1 amide bonds. The molecular formula is C15H14N4O. The fraction of sp³-hybridized carbons (Fsp3) is 0.133. The van der Waals surface area contributed by atoms with Gasteiger partial charge >= 0.3 is 0 Å². The Morgan fingerprint density at radius 2 is 2.15 bits per heavy atom. The number of hydrogen-bond donors (Lipinski definition) is 2. The molecule has 5 heteroatoms. The molecular weight excluding hydrogens is 252 g/mol. The van der Waals surface area contributed by atoms with Gasteiger partial charge in [0.05, 0.1) is 22.9 Å². The lowest BCUT2D eigenvalue weighted by molar-refractivity contribution is 0.102. The molecule has 20 heavy (non-hydrogen) atoms. The maximum Gasteiger partial charge on any atom is 0.259 e. The molecule has 1 heterocycles. The third-order valence-corrected chi connectivity index (χ3v) is 2.80. The van der Waals surface area contributed by atoms with Crippen molar-refractivity contribution < 1.29 is 4.79 Å². The van der Waals surface area contributed by atoms with Gasteiger partial charge in [-0.25, -0.2) is 0 Å². The molecule has 0 aliphatic carbocycles. The van der Waals surface area contributed by atoms with Gasteiger partial charge in [-0.05, 0) is 31.2 Å². The summed E-state index contributed by atoms with van der Waals surface area (Å²) < 4.78 is 0. The Labute approximate surface area is 117 Å². The largest absolute Gasteiger partial charge is 0.387 e. The number of carbonyl (C=O) groups is 1. The van der Waals surface area contributed by atoms with E-state index in [4.69, 9.17) is 5.26 Å². The summed E-state index contributed by atoms with van der Waals surface area (Å²) in [5.41, 5.74) is 3.08. The predicted molar refractivity (Wildman–Crippen MR) is 77.6 cm³/mol. The van der Waals surface area contributed by atoms with E-state index >= 15 is 0 Å². The summed E-state index contributed by atoms with van der Waals surface area (Å²) in [6, 6.07) is 10.6. The molecule has 2 aromatic rings. The third-order valence-electron chi connectivity index (χ3n) is 2.80. The number of benzene rings is 1. The second-order valence-corrected chi connectivity index (χ2v) is 4.27. The van der Waals surface area contributed by atoms with Crippen LogP contribution in [0.4, 0.5) is 11.4 Å². The second-order valence-electron chi connectivity index (χ2n) is 4.27. The molecule has 0 spiro atoms. The molecule has 0 fully saturated rings. The lowest BCUT2D eigenvalue weighted by atomic mass is 10.1. The van der Waals surface area contributed by atoms with Crippen LogP contribution in [0, 0.1) is 18.3 Å². The van der Waals surface area contributed by atoms with Gasteiger partial charge in [0.2, 0.25) is 0 Å². The van der Waals surface area contributed by atoms with Gasteiger partial charge in [-0.1, -0.05) is 6.07 Å². The highest BCUT2D eigenvalue weighted by Crippen LogP contribution is 2.17. The van der Waals surface area contributed by atoms with Gasteiger partial charge < -0.3 is 10.6 Å². The number of carbonyl (C=O) groups excluding carboxylic acids is 1. The van der Waals surface area contributed by atoms with Crippen molar-refractivity contribution in [3.05, 3.63) is 53.3 Å². The van der Waals surface area contributed by atoms with E-state index in [2.05, 4.69) is 15.6 Å². The van der Waals surface area contributed by atoms with Crippen molar-refractivity contribution in [3.63, 3.8) is 0 Å². The Morgan fingerprint density at radius 3 is 2.85 bits per heavy atom. The summed E-state index contributed by atoms with van der Waals surface area (Å²) in [5, 5.41) is 14.6. The van der Waals surface area contributed by atoms with E-state index in [-0.39, 0.29) is 5.91 Å². The highest BCUT2D eigenvalue weighted by Gasteiger charge is 2.12. The minimum Gasteiger partial charge on any atom is -0.387 e. The van der Waals surface area contributed by atoms with Crippen LogP contribution in [0.3, 0.4) is 0 Å². The van der Waals surface area contributed by atoms with Crippen molar-refractivity contribution >= 4 is 17.3 Å². The second kappa shape index (κ2) is 5.85. The van der Waals surface area contributed by atoms with Gasteiger partial charge in [-0.3, -0.25) is 9.78 Å². The lowest BCUT2D eigenvalue weighted by Gasteiger charge is -2.10. The Bertz CT molecular complexity index is 689. The summed E-state index contributed by atoms with van der Waals surface area (Å²) in [7, 11) is 1.75. The summed E-state index contributed by atoms with van der Waals surface area (Å²) in [6.07, 6.45) is 1.53. The zero-order valence-corrected chi connectivity index (χ0v) is 11.3. The smallest absolute Gasteiger partial charge is 0.259 e. The van der Waals surface area contributed by atoms with Crippen molar-refractivity contribution in [2.45, 2.75) is 6.92 Å². The number of amides is 1. The van der Waals surface area contributed by atoms with Crippen LogP contribution in [0.25, 0.3) is 0 Å². The van der Waals surface area contributed by atoms with Crippen molar-refractivity contribution in [1.82, 2.24) is 4.98 Å². The van der Waals surface area contributed by atoms with E-state index < -0.39 is 0 Å². The zero-order chi connectivity index (χ0) is 14.5. The van der Waals surface area contributed by atoms with E-state index in [9.17, 15) is 4.79 Å². The minimum absolute atomic E-state index is 0.267. The third kappa shape index (κ3) is 2.93. The van der Waals surface area contributed by atoms with Crippen molar-refractivity contribution in [3.8, 4) is 6.07 Å². The van der Waals surface area contributed by atoms with Gasteiger partial charge in [0.15, 0.2) is 0 Å². The maximum absolute atomic E-state index is 12.2. The van der Waals surface area contributed by atoms with Crippen molar-refractivity contribution in [2.75, 3.05) is 17.7 Å². The summed E-state index contributed by atoms with van der Waals surface area (Å²) in [6.45, 7) is 1.86. The van der Waals surface area contributed by atoms with Crippen LogP contribution in [0.2, 0.25) is 0 Å². The number of pyridine rings is 1. The minimum atomic E-state index is -0.267. The number of aromatic nitrogens is 1. The number of nitrogens with one attached hydrogen (secondary N) is 2. The number of aryl methyl sites for hydroxylation is 1. The number of rotatable bonds is 3. The fourth-order valence-corrected chi connectivity index (χ4v) is 1.81. The normalized spacial score (nSPS) is 9.65. The molecule has 0 radical (unpaired) electrons. The van der Waals surface area contributed by atoms with E-state index in [1.54, 1.807) is 37.4 Å². The number of nitrogens with zero attached hydrogens (tertiary/aromatic N) is 2. The molecule has 0 atom stereocenters. The quantitative estimate of drug-likeness (QED) is 0.895. The van der Waals surface area contributed by atoms with Gasteiger partial charge in [0.25, 0.3) is 5.91 Å². The first-order valence-corrected chi connectivity index (χ1v) is 6.10. The molecule has 0 saturated carbocycles. The van der Waals surface area contributed by atoms with Crippen LogP contribution in [0.5, 0.6) is 0 Å². The van der Waals surface area contributed by atoms with Crippen LogP contribution in [-0.2, 0) is 0 Å². The van der Waals surface area contributed by atoms with E-state index in [1.165, 1.54) is 6.20 Å². The van der Waals surface area contributed by atoms with Crippen LogP contribution in [-0.4, -0.2) is 17.9 Å². The molecule has 0 saturated heterocycles. The molecule has 2 rings (SSSR count). The summed E-state index contributed by atoms with van der Waals surface area (Å²) >= 11 is 0. The van der Waals surface area contributed by atoms with Gasteiger partial charge in [-0.15, -0.1) is 0 Å². The summed E-state index contributed by atoms with van der Waals surface area (Å²) in [5.74, 6) is -0.267. The maximum atomic E-state index is 12.2. The van der Waals surface area contributed by atoms with Crippen molar-refractivity contribution in [2.24, 2.45) is 0 Å². The van der Waals surface area contributed by atoms with Crippen LogP contribution < -0.4 is 10.6 Å². The SMILES string of the molecule is CNc1cc(C)ncc1C(=O)Nc1cccc(C#N)c1. The zero-order valence-electron chi connectivity index (χ0n) is 11.3. The average Bonchev–Trinajstić information content (AvgIpc) is 2.47. The number of anilines is 2. The molecule has 1 aromatic heterocycles. The van der Waals surface area contributed by atoms with E-state index in [1.807, 2.05) is 13.0 Å². The first-order chi connectivity index (χ1) is 9.63. The Kier molecular flexibility index (Phi) is 3.96. The molecule has 0 aliphatic heterocycles. The Balaban J connectivity index is 2.26. The Hall–Kier alpha value is -2.87. The molecule has 0 unspecified atom stereocenters. The predicted octanol–water partition coefficient (Wildman–Crippen LogP) is 2.56. The van der Waals surface area contributed by atoms with Gasteiger partial charge in [0, 0.05) is 24.6 Å².